The number of halogens is 2. The number of hydrogen-bond acceptors (Lipinski definition) is 2. The lowest BCUT2D eigenvalue weighted by Gasteiger charge is -2.18. The van der Waals surface area contributed by atoms with Crippen molar-refractivity contribution in [2.75, 3.05) is 6.54 Å². The quantitative estimate of drug-likeness (QED) is 0.879. The van der Waals surface area contributed by atoms with Gasteiger partial charge in [-0.3, -0.25) is 4.79 Å². The minimum atomic E-state index is -0.408. The molecule has 2 N–H and O–H groups in total. The molecule has 1 saturated heterocycles. The van der Waals surface area contributed by atoms with Crippen molar-refractivity contribution in [3.8, 4) is 0 Å². The van der Waals surface area contributed by atoms with Gasteiger partial charge in [-0.05, 0) is 38.0 Å². The van der Waals surface area contributed by atoms with E-state index in [0.717, 1.165) is 6.42 Å². The number of amides is 1. The summed E-state index contributed by atoms with van der Waals surface area (Å²) in [6.45, 7) is 3.88. The van der Waals surface area contributed by atoms with Crippen molar-refractivity contribution in [2.45, 2.75) is 38.8 Å². The van der Waals surface area contributed by atoms with Crippen molar-refractivity contribution >= 4 is 5.91 Å². The largest absolute Gasteiger partial charge is 0.352 e. The Hall–Kier alpha value is -1.49. The molecule has 0 aliphatic carbocycles. The average Bonchev–Trinajstić information content (AvgIpc) is 2.77. The number of hydrogen-bond donors (Lipinski definition) is 2. The third kappa shape index (κ3) is 3.29. The summed E-state index contributed by atoms with van der Waals surface area (Å²) in [6, 6.07) is 2.22. The highest BCUT2D eigenvalue weighted by Gasteiger charge is 2.21. The van der Waals surface area contributed by atoms with Gasteiger partial charge < -0.3 is 10.6 Å². The fourth-order valence-electron chi connectivity index (χ4n) is 2.25. The Labute approximate surface area is 111 Å². The highest BCUT2D eigenvalue weighted by molar-refractivity contribution is 5.78. The second-order valence-electron chi connectivity index (χ2n) is 5.06. The Morgan fingerprint density at radius 2 is 2.16 bits per heavy atom. The van der Waals surface area contributed by atoms with Crippen LogP contribution >= 0.6 is 0 Å². The minimum Gasteiger partial charge on any atom is -0.352 e. The molecule has 1 amide bonds. The van der Waals surface area contributed by atoms with Crippen LogP contribution in [0.2, 0.25) is 0 Å². The van der Waals surface area contributed by atoms with Crippen LogP contribution in [0.5, 0.6) is 0 Å². The lowest BCUT2D eigenvalue weighted by Crippen LogP contribution is -2.36. The zero-order valence-electron chi connectivity index (χ0n) is 11.1. The van der Waals surface area contributed by atoms with Crippen molar-refractivity contribution in [1.82, 2.24) is 10.6 Å². The van der Waals surface area contributed by atoms with Crippen LogP contribution in [-0.4, -0.2) is 18.5 Å². The number of nitrogens with one attached hydrogen (secondary N) is 2. The van der Waals surface area contributed by atoms with Crippen LogP contribution in [0.1, 0.15) is 36.9 Å². The molecule has 1 aliphatic heterocycles. The van der Waals surface area contributed by atoms with Gasteiger partial charge in [0.15, 0.2) is 0 Å². The lowest BCUT2D eigenvalue weighted by molar-refractivity contribution is -0.119. The van der Waals surface area contributed by atoms with Crippen LogP contribution in [0.4, 0.5) is 8.78 Å². The van der Waals surface area contributed by atoms with E-state index in [0.29, 0.717) is 24.1 Å². The van der Waals surface area contributed by atoms with E-state index in [2.05, 4.69) is 10.6 Å². The Kier molecular flexibility index (Phi) is 4.14. The molecule has 3 nitrogen and oxygen atoms in total. The van der Waals surface area contributed by atoms with Gasteiger partial charge in [0.25, 0.3) is 0 Å². The van der Waals surface area contributed by atoms with E-state index in [1.165, 1.54) is 19.1 Å². The molecule has 2 unspecified atom stereocenters. The zero-order chi connectivity index (χ0) is 14.0. The highest BCUT2D eigenvalue weighted by atomic mass is 19.1. The summed E-state index contributed by atoms with van der Waals surface area (Å²) in [6.07, 6.45) is 1.32. The fraction of sp³-hybridized carbons (Fsp3) is 0.500. The van der Waals surface area contributed by atoms with Crippen molar-refractivity contribution in [1.29, 1.82) is 0 Å². The van der Waals surface area contributed by atoms with Crippen molar-refractivity contribution in [2.24, 2.45) is 0 Å². The number of carbonyl (C=O) groups excluding carboxylic acids is 1. The van der Waals surface area contributed by atoms with Gasteiger partial charge >= 0.3 is 0 Å². The molecule has 0 saturated carbocycles. The van der Waals surface area contributed by atoms with Crippen LogP contribution in [0.25, 0.3) is 0 Å². The second-order valence-corrected chi connectivity index (χ2v) is 5.06. The summed E-state index contributed by atoms with van der Waals surface area (Å²) in [5.74, 6) is -0.763. The van der Waals surface area contributed by atoms with Crippen LogP contribution in [-0.2, 0) is 4.79 Å². The molecule has 19 heavy (non-hydrogen) atoms. The highest BCUT2D eigenvalue weighted by Crippen LogP contribution is 2.20. The van der Waals surface area contributed by atoms with E-state index < -0.39 is 11.6 Å². The third-order valence-corrected chi connectivity index (χ3v) is 3.50. The molecule has 0 radical (unpaired) electrons. The summed E-state index contributed by atoms with van der Waals surface area (Å²) in [5, 5.41) is 5.95. The smallest absolute Gasteiger partial charge is 0.220 e. The fourth-order valence-corrected chi connectivity index (χ4v) is 2.25. The molecule has 1 fully saturated rings. The van der Waals surface area contributed by atoms with Gasteiger partial charge in [0.2, 0.25) is 5.91 Å². The Morgan fingerprint density at radius 1 is 1.42 bits per heavy atom. The monoisotopic (exact) mass is 268 g/mol. The van der Waals surface area contributed by atoms with Gasteiger partial charge in [0.05, 0.1) is 0 Å². The second kappa shape index (κ2) is 5.65. The average molecular weight is 268 g/mol. The predicted molar refractivity (Wildman–Crippen MR) is 68.7 cm³/mol. The molecule has 0 aromatic heterocycles. The van der Waals surface area contributed by atoms with Gasteiger partial charge in [0, 0.05) is 30.6 Å². The Balaban J connectivity index is 1.98. The molecule has 1 aliphatic rings. The predicted octanol–water partition coefficient (Wildman–Crippen LogP) is 2.20. The maximum absolute atomic E-state index is 13.8. The summed E-state index contributed by atoms with van der Waals surface area (Å²) < 4.78 is 27.2. The zero-order valence-corrected chi connectivity index (χ0v) is 11.1. The number of carbonyl (C=O) groups is 1. The van der Waals surface area contributed by atoms with Crippen molar-refractivity contribution in [3.05, 3.63) is 34.9 Å². The number of benzene rings is 1. The van der Waals surface area contributed by atoms with Crippen molar-refractivity contribution in [3.63, 3.8) is 0 Å². The molecule has 1 aromatic carbocycles. The number of aryl methyl sites for hydroxylation is 1. The standard InChI is InChI=1S/C14H18F2N2O/c1-8-5-13(16)11(6-12(8)15)9(2)17-7-10-3-4-14(19)18-10/h5-6,9-10,17H,3-4,7H2,1-2H3,(H,18,19). The number of rotatable bonds is 4. The van der Waals surface area contributed by atoms with E-state index in [1.807, 2.05) is 0 Å². The van der Waals surface area contributed by atoms with Gasteiger partial charge in [-0.15, -0.1) is 0 Å². The Morgan fingerprint density at radius 3 is 2.79 bits per heavy atom. The van der Waals surface area contributed by atoms with Crippen LogP contribution in [0.15, 0.2) is 12.1 Å². The summed E-state index contributed by atoms with van der Waals surface area (Å²) in [7, 11) is 0. The molecular formula is C14H18F2N2O. The van der Waals surface area contributed by atoms with Gasteiger partial charge in [0.1, 0.15) is 11.6 Å². The summed E-state index contributed by atoms with van der Waals surface area (Å²) >= 11 is 0. The van der Waals surface area contributed by atoms with E-state index >= 15 is 0 Å². The molecule has 0 spiro atoms. The van der Waals surface area contributed by atoms with E-state index in [9.17, 15) is 13.6 Å². The third-order valence-electron chi connectivity index (χ3n) is 3.50. The molecule has 0 bridgehead atoms. The Bertz CT molecular complexity index is 491. The SMILES string of the molecule is Cc1cc(F)c(C(C)NCC2CCC(=O)N2)cc1F. The first-order valence-corrected chi connectivity index (χ1v) is 6.45. The minimum absolute atomic E-state index is 0.0482. The van der Waals surface area contributed by atoms with Crippen LogP contribution < -0.4 is 10.6 Å². The first kappa shape index (κ1) is 13.9. The van der Waals surface area contributed by atoms with Gasteiger partial charge in [-0.2, -0.15) is 0 Å². The first-order chi connectivity index (χ1) is 8.97. The van der Waals surface area contributed by atoms with Crippen LogP contribution in [0.3, 0.4) is 0 Å². The normalized spacial score (nSPS) is 20.4. The molecule has 5 heteroatoms. The maximum atomic E-state index is 13.8. The van der Waals surface area contributed by atoms with Gasteiger partial charge in [-0.25, -0.2) is 8.78 Å². The summed E-state index contributed by atoms with van der Waals surface area (Å²) in [5.41, 5.74) is 0.615. The molecule has 104 valence electrons. The van der Waals surface area contributed by atoms with E-state index in [1.54, 1.807) is 6.92 Å². The first-order valence-electron chi connectivity index (χ1n) is 6.45. The topological polar surface area (TPSA) is 41.1 Å². The molecule has 1 heterocycles. The molecule has 1 aromatic rings. The maximum Gasteiger partial charge on any atom is 0.220 e. The van der Waals surface area contributed by atoms with Crippen molar-refractivity contribution < 1.29 is 13.6 Å². The molecule has 2 atom stereocenters. The molecule has 2 rings (SSSR count). The molecular weight excluding hydrogens is 250 g/mol. The van der Waals surface area contributed by atoms with E-state index in [4.69, 9.17) is 0 Å². The summed E-state index contributed by atoms with van der Waals surface area (Å²) in [4.78, 5) is 11.1. The lowest BCUT2D eigenvalue weighted by atomic mass is 10.0. The van der Waals surface area contributed by atoms with Crippen LogP contribution in [0, 0.1) is 18.6 Å². The van der Waals surface area contributed by atoms with E-state index in [-0.39, 0.29) is 18.0 Å². The van der Waals surface area contributed by atoms with Gasteiger partial charge in [-0.1, -0.05) is 0 Å².